The number of benzene rings is 1. The number of ether oxygens (including phenoxy) is 1. The second-order valence-electron chi connectivity index (χ2n) is 9.00. The van der Waals surface area contributed by atoms with Crippen LogP contribution in [0.5, 0.6) is 5.75 Å². The van der Waals surface area contributed by atoms with Gasteiger partial charge in [0.25, 0.3) is 0 Å². The zero-order valence-corrected chi connectivity index (χ0v) is 21.3. The molecule has 0 spiro atoms. The van der Waals surface area contributed by atoms with E-state index in [2.05, 4.69) is 20.8 Å². The van der Waals surface area contributed by atoms with Crippen LogP contribution in [-0.4, -0.2) is 12.4 Å². The summed E-state index contributed by atoms with van der Waals surface area (Å²) in [5.41, 5.74) is 6.42. The molecule has 1 atom stereocenters. The highest BCUT2D eigenvalue weighted by atomic mass is 35.5. The fraction of sp³-hybridized carbons (Fsp3) is 0.741. The average molecular weight is 453 g/mol. The molecule has 0 radical (unpaired) electrons. The molecule has 0 amide bonds. The summed E-state index contributed by atoms with van der Waals surface area (Å²) in [6.45, 7) is 7.61. The van der Waals surface area contributed by atoms with Gasteiger partial charge in [-0.1, -0.05) is 110 Å². The summed E-state index contributed by atoms with van der Waals surface area (Å²) >= 11 is 0. The molecule has 4 heteroatoms. The van der Waals surface area contributed by atoms with E-state index in [1.54, 1.807) is 0 Å². The van der Waals surface area contributed by atoms with Crippen molar-refractivity contribution in [3.8, 4) is 5.75 Å². The second-order valence-corrected chi connectivity index (χ2v) is 9.00. The first-order valence-electron chi connectivity index (χ1n) is 12.7. The SMILES string of the molecule is CCCCCC(CCCCC)CC(CCCCC)CCOc1ccccc1C(=N)N.Cl. The highest BCUT2D eigenvalue weighted by Crippen LogP contribution is 2.30. The summed E-state index contributed by atoms with van der Waals surface area (Å²) in [6.07, 6.45) is 18.7. The maximum absolute atomic E-state index is 7.76. The van der Waals surface area contributed by atoms with Crippen LogP contribution in [0.15, 0.2) is 24.3 Å². The topological polar surface area (TPSA) is 59.1 Å². The van der Waals surface area contributed by atoms with Crippen molar-refractivity contribution in [1.29, 1.82) is 5.41 Å². The molecule has 31 heavy (non-hydrogen) atoms. The summed E-state index contributed by atoms with van der Waals surface area (Å²) in [5.74, 6) is 2.45. The molecule has 0 aliphatic rings. The lowest BCUT2D eigenvalue weighted by Gasteiger charge is -2.24. The third kappa shape index (κ3) is 13.7. The van der Waals surface area contributed by atoms with Gasteiger partial charge in [-0.2, -0.15) is 0 Å². The van der Waals surface area contributed by atoms with E-state index < -0.39 is 0 Å². The Balaban J connectivity index is 0.00000900. The van der Waals surface area contributed by atoms with Crippen molar-refractivity contribution in [3.63, 3.8) is 0 Å². The third-order valence-corrected chi connectivity index (χ3v) is 6.28. The minimum absolute atomic E-state index is 0. The van der Waals surface area contributed by atoms with Gasteiger partial charge in [0.1, 0.15) is 11.6 Å². The van der Waals surface area contributed by atoms with Crippen molar-refractivity contribution in [2.24, 2.45) is 17.6 Å². The van der Waals surface area contributed by atoms with Gasteiger partial charge in [0.05, 0.1) is 12.2 Å². The number of nitrogen functional groups attached to an aromatic ring is 1. The first-order valence-corrected chi connectivity index (χ1v) is 12.7. The Morgan fingerprint density at radius 2 is 1.29 bits per heavy atom. The standard InChI is InChI=1S/C27H48N2O.ClH/c1-4-7-10-15-23(16-11-8-5-2)22-24(17-12-9-6-3)20-21-30-26-19-14-13-18-25(26)27(28)29;/h13-14,18-19,23-24H,4-12,15-17,20-22H2,1-3H3,(H3,28,29);1H. The van der Waals surface area contributed by atoms with Crippen molar-refractivity contribution in [2.75, 3.05) is 6.61 Å². The zero-order chi connectivity index (χ0) is 22.0. The van der Waals surface area contributed by atoms with Gasteiger partial charge in [0.15, 0.2) is 0 Å². The molecule has 1 aromatic rings. The maximum Gasteiger partial charge on any atom is 0.130 e. The van der Waals surface area contributed by atoms with Crippen LogP contribution in [0, 0.1) is 17.2 Å². The number of para-hydroxylation sites is 1. The third-order valence-electron chi connectivity index (χ3n) is 6.28. The second kappa shape index (κ2) is 19.5. The minimum Gasteiger partial charge on any atom is -0.493 e. The number of nitrogens with two attached hydrogens (primary N) is 1. The summed E-state index contributed by atoms with van der Waals surface area (Å²) in [6, 6.07) is 7.67. The number of amidine groups is 1. The molecule has 1 rings (SSSR count). The van der Waals surface area contributed by atoms with Crippen molar-refractivity contribution < 1.29 is 4.74 Å². The number of halogens is 1. The van der Waals surface area contributed by atoms with Crippen LogP contribution in [0.25, 0.3) is 0 Å². The molecule has 0 saturated heterocycles. The van der Waals surface area contributed by atoms with E-state index in [1.807, 2.05) is 24.3 Å². The number of unbranched alkanes of at least 4 members (excludes halogenated alkanes) is 6. The van der Waals surface area contributed by atoms with Gasteiger partial charge in [-0.05, 0) is 36.8 Å². The number of rotatable bonds is 19. The summed E-state index contributed by atoms with van der Waals surface area (Å²) in [7, 11) is 0. The molecule has 180 valence electrons. The lowest BCUT2D eigenvalue weighted by molar-refractivity contribution is 0.233. The lowest BCUT2D eigenvalue weighted by Crippen LogP contribution is -2.16. The van der Waals surface area contributed by atoms with Gasteiger partial charge >= 0.3 is 0 Å². The maximum atomic E-state index is 7.76. The predicted octanol–water partition coefficient (Wildman–Crippen LogP) is 8.52. The molecule has 0 aliphatic carbocycles. The largest absolute Gasteiger partial charge is 0.493 e. The molecule has 0 aliphatic heterocycles. The first-order chi connectivity index (χ1) is 14.6. The van der Waals surface area contributed by atoms with Crippen LogP contribution in [0.4, 0.5) is 0 Å². The normalized spacial score (nSPS) is 11.9. The summed E-state index contributed by atoms with van der Waals surface area (Å²) in [5, 5.41) is 7.76. The van der Waals surface area contributed by atoms with E-state index in [9.17, 15) is 0 Å². The fourth-order valence-electron chi connectivity index (χ4n) is 4.43. The number of hydrogen-bond donors (Lipinski definition) is 2. The van der Waals surface area contributed by atoms with Gasteiger partial charge < -0.3 is 10.5 Å². The van der Waals surface area contributed by atoms with E-state index in [4.69, 9.17) is 15.9 Å². The molecule has 0 heterocycles. The van der Waals surface area contributed by atoms with Crippen LogP contribution < -0.4 is 10.5 Å². The lowest BCUT2D eigenvalue weighted by atomic mass is 9.83. The number of hydrogen-bond acceptors (Lipinski definition) is 2. The van der Waals surface area contributed by atoms with Gasteiger partial charge in [-0.15, -0.1) is 12.4 Å². The van der Waals surface area contributed by atoms with Crippen molar-refractivity contribution in [2.45, 2.75) is 111 Å². The highest BCUT2D eigenvalue weighted by molar-refractivity contribution is 5.97. The molecule has 0 aromatic heterocycles. The Hall–Kier alpha value is -1.22. The van der Waals surface area contributed by atoms with Crippen LogP contribution in [-0.2, 0) is 0 Å². The predicted molar refractivity (Wildman–Crippen MR) is 139 cm³/mol. The Morgan fingerprint density at radius 3 is 1.77 bits per heavy atom. The number of nitrogens with one attached hydrogen (secondary N) is 1. The molecular formula is C27H49ClN2O. The van der Waals surface area contributed by atoms with Crippen LogP contribution >= 0.6 is 12.4 Å². The van der Waals surface area contributed by atoms with E-state index in [0.29, 0.717) is 5.56 Å². The molecule has 3 N–H and O–H groups in total. The first kappa shape index (κ1) is 29.8. The van der Waals surface area contributed by atoms with Gasteiger partial charge in [0.2, 0.25) is 0 Å². The van der Waals surface area contributed by atoms with Crippen LogP contribution in [0.1, 0.15) is 116 Å². The van der Waals surface area contributed by atoms with Crippen molar-refractivity contribution in [3.05, 3.63) is 29.8 Å². The molecule has 0 saturated carbocycles. The van der Waals surface area contributed by atoms with Crippen molar-refractivity contribution in [1.82, 2.24) is 0 Å². The monoisotopic (exact) mass is 452 g/mol. The molecule has 0 fully saturated rings. The molecule has 0 bridgehead atoms. The minimum atomic E-state index is 0. The van der Waals surface area contributed by atoms with Crippen LogP contribution in [0.2, 0.25) is 0 Å². The Morgan fingerprint density at radius 1 is 0.806 bits per heavy atom. The van der Waals surface area contributed by atoms with E-state index in [-0.39, 0.29) is 18.2 Å². The Kier molecular flexibility index (Phi) is 18.7. The van der Waals surface area contributed by atoms with E-state index >= 15 is 0 Å². The van der Waals surface area contributed by atoms with Gasteiger partial charge in [-0.3, -0.25) is 5.41 Å². The van der Waals surface area contributed by atoms with Crippen LogP contribution in [0.3, 0.4) is 0 Å². The molecular weight excluding hydrogens is 404 g/mol. The van der Waals surface area contributed by atoms with Gasteiger partial charge in [0, 0.05) is 0 Å². The van der Waals surface area contributed by atoms with Crippen molar-refractivity contribution >= 4 is 18.2 Å². The quantitative estimate of drug-likeness (QED) is 0.125. The summed E-state index contributed by atoms with van der Waals surface area (Å²) < 4.78 is 6.09. The van der Waals surface area contributed by atoms with E-state index in [1.165, 1.54) is 83.5 Å². The van der Waals surface area contributed by atoms with E-state index in [0.717, 1.165) is 30.6 Å². The smallest absolute Gasteiger partial charge is 0.130 e. The Labute approximate surface area is 198 Å². The van der Waals surface area contributed by atoms with Gasteiger partial charge in [-0.25, -0.2) is 0 Å². The Bertz CT molecular complexity index is 554. The summed E-state index contributed by atoms with van der Waals surface area (Å²) in [4.78, 5) is 0. The fourth-order valence-corrected chi connectivity index (χ4v) is 4.43. The molecule has 1 aromatic carbocycles. The molecule has 1 unspecified atom stereocenters. The average Bonchev–Trinajstić information content (AvgIpc) is 2.74. The zero-order valence-electron chi connectivity index (χ0n) is 20.5. The highest BCUT2D eigenvalue weighted by Gasteiger charge is 2.17. The molecule has 3 nitrogen and oxygen atoms in total.